The van der Waals surface area contributed by atoms with Crippen LogP contribution in [0.4, 0.5) is 0 Å². The first-order valence-electron chi connectivity index (χ1n) is 6.36. The van der Waals surface area contributed by atoms with Gasteiger partial charge in [-0.15, -0.1) is 0 Å². The van der Waals surface area contributed by atoms with Crippen molar-refractivity contribution >= 4 is 0 Å². The summed E-state index contributed by atoms with van der Waals surface area (Å²) >= 11 is 0. The van der Waals surface area contributed by atoms with Crippen molar-refractivity contribution in [1.29, 1.82) is 0 Å². The molecule has 0 spiro atoms. The van der Waals surface area contributed by atoms with Gasteiger partial charge in [0.15, 0.2) is 0 Å². The van der Waals surface area contributed by atoms with Gasteiger partial charge >= 0.3 is 0 Å². The second-order valence-electron chi connectivity index (χ2n) is 4.90. The van der Waals surface area contributed by atoms with E-state index in [1.165, 1.54) is 5.56 Å². The number of aromatic nitrogens is 2. The molecule has 0 saturated carbocycles. The van der Waals surface area contributed by atoms with Crippen LogP contribution in [0.15, 0.2) is 12.4 Å². The molecule has 2 atom stereocenters. The van der Waals surface area contributed by atoms with Crippen LogP contribution in [-0.4, -0.2) is 35.1 Å². The van der Waals surface area contributed by atoms with Gasteiger partial charge in [-0.2, -0.15) is 5.10 Å². The molecule has 1 N–H and O–H groups in total. The van der Waals surface area contributed by atoms with Crippen molar-refractivity contribution in [2.24, 2.45) is 0 Å². The quantitative estimate of drug-likeness (QED) is 0.741. The largest absolute Gasteiger partial charge is 0.377 e. The number of nitrogens with zero attached hydrogens (tertiary/aromatic N) is 2. The number of nitrogens with one attached hydrogen (secondary N) is 1. The van der Waals surface area contributed by atoms with Gasteiger partial charge in [-0.05, 0) is 40.2 Å². The molecule has 1 aromatic rings. The maximum absolute atomic E-state index is 5.50. The zero-order valence-corrected chi connectivity index (χ0v) is 11.6. The van der Waals surface area contributed by atoms with Gasteiger partial charge in [0, 0.05) is 18.8 Å². The van der Waals surface area contributed by atoms with Gasteiger partial charge in [-0.25, -0.2) is 0 Å². The highest BCUT2D eigenvalue weighted by atomic mass is 16.5. The third-order valence-electron chi connectivity index (χ3n) is 2.89. The number of hydrogen-bond acceptors (Lipinski definition) is 3. The van der Waals surface area contributed by atoms with E-state index in [0.29, 0.717) is 18.2 Å². The minimum atomic E-state index is 0.304. The van der Waals surface area contributed by atoms with Gasteiger partial charge in [-0.3, -0.25) is 4.68 Å². The van der Waals surface area contributed by atoms with Gasteiger partial charge in [0.05, 0.1) is 24.9 Å². The molecule has 0 aliphatic rings. The molecule has 0 fully saturated rings. The predicted molar refractivity (Wildman–Crippen MR) is 70.2 cm³/mol. The average molecular weight is 239 g/mol. The zero-order chi connectivity index (χ0) is 12.8. The Morgan fingerprint density at radius 1 is 1.35 bits per heavy atom. The van der Waals surface area contributed by atoms with Crippen LogP contribution in [0, 0.1) is 6.92 Å². The van der Waals surface area contributed by atoms with E-state index >= 15 is 0 Å². The van der Waals surface area contributed by atoms with Crippen molar-refractivity contribution < 1.29 is 4.74 Å². The first kappa shape index (κ1) is 14.2. The Kier molecular flexibility index (Phi) is 5.65. The lowest BCUT2D eigenvalue weighted by Crippen LogP contribution is -2.36. The summed E-state index contributed by atoms with van der Waals surface area (Å²) in [5.74, 6) is 0. The predicted octanol–water partition coefficient (Wildman–Crippen LogP) is 2.16. The number of ether oxygens (including phenoxy) is 1. The number of aryl methyl sites for hydroxylation is 1. The molecule has 4 nitrogen and oxygen atoms in total. The first-order chi connectivity index (χ1) is 8.00. The summed E-state index contributed by atoms with van der Waals surface area (Å²) in [6.07, 6.45) is 4.27. The number of hydrogen-bond donors (Lipinski definition) is 1. The summed E-state index contributed by atoms with van der Waals surface area (Å²) in [5, 5.41) is 7.80. The van der Waals surface area contributed by atoms with Crippen LogP contribution in [0.3, 0.4) is 0 Å². The van der Waals surface area contributed by atoms with Crippen molar-refractivity contribution in [3.05, 3.63) is 18.0 Å². The molecule has 0 unspecified atom stereocenters. The highest BCUT2D eigenvalue weighted by molar-refractivity contribution is 5.00. The van der Waals surface area contributed by atoms with Gasteiger partial charge in [0.25, 0.3) is 0 Å². The second-order valence-corrected chi connectivity index (χ2v) is 4.90. The molecule has 1 rings (SSSR count). The molecule has 0 aliphatic heterocycles. The van der Waals surface area contributed by atoms with Gasteiger partial charge in [0.2, 0.25) is 0 Å². The summed E-state index contributed by atoms with van der Waals surface area (Å²) in [5.41, 5.74) is 1.20. The molecule has 1 heterocycles. The monoisotopic (exact) mass is 239 g/mol. The average Bonchev–Trinajstić information content (AvgIpc) is 2.69. The Hall–Kier alpha value is -0.870. The Morgan fingerprint density at radius 2 is 2.06 bits per heavy atom. The third-order valence-corrected chi connectivity index (χ3v) is 2.89. The lowest BCUT2D eigenvalue weighted by atomic mass is 10.2. The fourth-order valence-electron chi connectivity index (χ4n) is 1.64. The summed E-state index contributed by atoms with van der Waals surface area (Å²) in [7, 11) is 0. The molecule has 17 heavy (non-hydrogen) atoms. The van der Waals surface area contributed by atoms with Gasteiger partial charge < -0.3 is 10.1 Å². The standard InChI is InChI=1S/C13H25N3O/c1-10(2)17-7-6-14-12(4)13(5)16-9-11(3)8-15-16/h8-10,12-14H,6-7H2,1-5H3/t12-,13+/m0/s1. The molecule has 0 saturated heterocycles. The lowest BCUT2D eigenvalue weighted by Gasteiger charge is -2.22. The summed E-state index contributed by atoms with van der Waals surface area (Å²) < 4.78 is 7.51. The smallest absolute Gasteiger partial charge is 0.0641 e. The van der Waals surface area contributed by atoms with Crippen molar-refractivity contribution in [2.75, 3.05) is 13.2 Å². The van der Waals surface area contributed by atoms with Crippen molar-refractivity contribution in [3.63, 3.8) is 0 Å². The molecule has 98 valence electrons. The Morgan fingerprint density at radius 3 is 2.59 bits per heavy atom. The molecule has 0 radical (unpaired) electrons. The minimum absolute atomic E-state index is 0.304. The van der Waals surface area contributed by atoms with E-state index in [1.807, 2.05) is 10.9 Å². The van der Waals surface area contributed by atoms with Crippen LogP contribution < -0.4 is 5.32 Å². The molecule has 0 amide bonds. The molecule has 4 heteroatoms. The van der Waals surface area contributed by atoms with E-state index in [1.54, 1.807) is 0 Å². The third kappa shape index (κ3) is 4.88. The van der Waals surface area contributed by atoms with Crippen molar-refractivity contribution in [1.82, 2.24) is 15.1 Å². The SMILES string of the molecule is Cc1cnn([C@H](C)[C@H](C)NCCOC(C)C)c1. The molecular weight excluding hydrogens is 214 g/mol. The Labute approximate surface area is 104 Å². The molecule has 0 bridgehead atoms. The lowest BCUT2D eigenvalue weighted by molar-refractivity contribution is 0.0786. The van der Waals surface area contributed by atoms with Crippen LogP contribution in [-0.2, 0) is 4.74 Å². The summed E-state index contributed by atoms with van der Waals surface area (Å²) in [6, 6.07) is 0.729. The van der Waals surface area contributed by atoms with E-state index in [9.17, 15) is 0 Å². The van der Waals surface area contributed by atoms with Crippen molar-refractivity contribution in [2.45, 2.75) is 52.8 Å². The molecule has 0 aliphatic carbocycles. The fraction of sp³-hybridized carbons (Fsp3) is 0.769. The summed E-state index contributed by atoms with van der Waals surface area (Å²) in [4.78, 5) is 0. The highest BCUT2D eigenvalue weighted by Gasteiger charge is 2.13. The maximum atomic E-state index is 5.50. The molecule has 1 aromatic heterocycles. The van der Waals surface area contributed by atoms with E-state index in [-0.39, 0.29) is 0 Å². The van der Waals surface area contributed by atoms with Gasteiger partial charge in [0.1, 0.15) is 0 Å². The highest BCUT2D eigenvalue weighted by Crippen LogP contribution is 2.10. The zero-order valence-electron chi connectivity index (χ0n) is 11.6. The van der Waals surface area contributed by atoms with E-state index < -0.39 is 0 Å². The topological polar surface area (TPSA) is 39.1 Å². The van der Waals surface area contributed by atoms with Crippen LogP contribution in [0.25, 0.3) is 0 Å². The second kappa shape index (κ2) is 6.77. The molecule has 0 aromatic carbocycles. The number of rotatable bonds is 7. The van der Waals surface area contributed by atoms with Gasteiger partial charge in [-0.1, -0.05) is 0 Å². The van der Waals surface area contributed by atoms with Crippen molar-refractivity contribution in [3.8, 4) is 0 Å². The van der Waals surface area contributed by atoms with Crippen LogP contribution in [0.2, 0.25) is 0 Å². The van der Waals surface area contributed by atoms with Crippen LogP contribution >= 0.6 is 0 Å². The molecular formula is C13H25N3O. The van der Waals surface area contributed by atoms with Crippen LogP contribution in [0.1, 0.15) is 39.3 Å². The Bertz CT molecular complexity index is 322. The van der Waals surface area contributed by atoms with E-state index in [0.717, 1.165) is 13.2 Å². The Balaban J connectivity index is 2.29. The first-order valence-corrected chi connectivity index (χ1v) is 6.36. The minimum Gasteiger partial charge on any atom is -0.377 e. The van der Waals surface area contributed by atoms with E-state index in [2.05, 4.69) is 51.2 Å². The van der Waals surface area contributed by atoms with Crippen LogP contribution in [0.5, 0.6) is 0 Å². The van der Waals surface area contributed by atoms with E-state index in [4.69, 9.17) is 4.74 Å². The maximum Gasteiger partial charge on any atom is 0.0641 e. The fourth-order valence-corrected chi connectivity index (χ4v) is 1.64. The summed E-state index contributed by atoms with van der Waals surface area (Å²) in [6.45, 7) is 12.2. The normalized spacial score (nSPS) is 15.2.